The quantitative estimate of drug-likeness (QED) is 0.853. The molecule has 1 N–H and O–H groups in total. The van der Waals surface area contributed by atoms with E-state index in [1.54, 1.807) is 19.1 Å². The molecule has 0 aliphatic heterocycles. The number of carbonyl (C=O) groups is 1. The first kappa shape index (κ1) is 16.8. The molecule has 0 atom stereocenters. The molecular formula is C18H20FNO3. The fraction of sp³-hybridized carbons (Fsp3) is 0.278. The number of rotatable bonds is 7. The Balaban J connectivity index is 1.82. The highest BCUT2D eigenvalue weighted by atomic mass is 19.1. The third kappa shape index (κ3) is 4.98. The van der Waals surface area contributed by atoms with Crippen molar-refractivity contribution >= 4 is 5.91 Å². The van der Waals surface area contributed by atoms with Crippen molar-refractivity contribution in [3.05, 3.63) is 59.4 Å². The molecule has 5 heteroatoms. The van der Waals surface area contributed by atoms with Crippen LogP contribution in [-0.4, -0.2) is 19.1 Å². The summed E-state index contributed by atoms with van der Waals surface area (Å²) in [6.45, 7) is 4.27. The third-order valence-electron chi connectivity index (χ3n) is 3.24. The van der Waals surface area contributed by atoms with Gasteiger partial charge in [-0.1, -0.05) is 24.3 Å². The summed E-state index contributed by atoms with van der Waals surface area (Å²) < 4.78 is 24.3. The van der Waals surface area contributed by atoms with Gasteiger partial charge in [-0.15, -0.1) is 0 Å². The summed E-state index contributed by atoms with van der Waals surface area (Å²) in [5, 5.41) is 2.70. The second-order valence-electron chi connectivity index (χ2n) is 5.03. The van der Waals surface area contributed by atoms with Crippen LogP contribution in [0.4, 0.5) is 4.39 Å². The molecule has 0 bridgehead atoms. The summed E-state index contributed by atoms with van der Waals surface area (Å²) >= 11 is 0. The lowest BCUT2D eigenvalue weighted by Gasteiger charge is -2.10. The van der Waals surface area contributed by atoms with E-state index in [0.29, 0.717) is 17.9 Å². The predicted molar refractivity (Wildman–Crippen MR) is 86.1 cm³/mol. The molecule has 0 spiro atoms. The van der Waals surface area contributed by atoms with Gasteiger partial charge in [0.15, 0.2) is 18.2 Å². The zero-order valence-corrected chi connectivity index (χ0v) is 13.3. The molecule has 0 aromatic heterocycles. The first-order valence-corrected chi connectivity index (χ1v) is 7.46. The molecule has 2 aromatic carbocycles. The van der Waals surface area contributed by atoms with Gasteiger partial charge in [0.25, 0.3) is 5.91 Å². The van der Waals surface area contributed by atoms with Gasteiger partial charge in [-0.25, -0.2) is 4.39 Å². The van der Waals surface area contributed by atoms with Crippen LogP contribution < -0.4 is 14.8 Å². The van der Waals surface area contributed by atoms with Crippen molar-refractivity contribution in [2.24, 2.45) is 0 Å². The Morgan fingerprint density at radius 2 is 1.91 bits per heavy atom. The van der Waals surface area contributed by atoms with Crippen LogP contribution in [-0.2, 0) is 11.3 Å². The number of hydrogen-bond donors (Lipinski definition) is 1. The molecule has 23 heavy (non-hydrogen) atoms. The average Bonchev–Trinajstić information content (AvgIpc) is 2.54. The van der Waals surface area contributed by atoms with Gasteiger partial charge < -0.3 is 14.8 Å². The molecule has 2 aromatic rings. The van der Waals surface area contributed by atoms with Crippen molar-refractivity contribution in [2.45, 2.75) is 20.4 Å². The van der Waals surface area contributed by atoms with E-state index in [4.69, 9.17) is 9.47 Å². The lowest BCUT2D eigenvalue weighted by molar-refractivity contribution is -0.123. The SMILES string of the molecule is CCOc1ccc(CNC(=O)COc2ccccc2C)cc1F. The van der Waals surface area contributed by atoms with E-state index in [-0.39, 0.29) is 24.8 Å². The number of hydrogen-bond acceptors (Lipinski definition) is 3. The molecule has 1 amide bonds. The Bertz CT molecular complexity index is 673. The number of halogens is 1. The monoisotopic (exact) mass is 317 g/mol. The molecule has 4 nitrogen and oxygen atoms in total. The molecule has 0 aliphatic rings. The number of para-hydroxylation sites is 1. The maximum absolute atomic E-state index is 13.7. The van der Waals surface area contributed by atoms with Crippen molar-refractivity contribution in [3.8, 4) is 11.5 Å². The minimum atomic E-state index is -0.435. The first-order valence-electron chi connectivity index (χ1n) is 7.46. The molecule has 0 saturated carbocycles. The van der Waals surface area contributed by atoms with Crippen molar-refractivity contribution < 1.29 is 18.7 Å². The van der Waals surface area contributed by atoms with Crippen LogP contribution in [0.3, 0.4) is 0 Å². The van der Waals surface area contributed by atoms with Gasteiger partial charge in [-0.05, 0) is 43.2 Å². The van der Waals surface area contributed by atoms with Crippen LogP contribution in [0.1, 0.15) is 18.1 Å². The number of ether oxygens (including phenoxy) is 2. The Morgan fingerprint density at radius 3 is 2.61 bits per heavy atom. The minimum Gasteiger partial charge on any atom is -0.491 e. The highest BCUT2D eigenvalue weighted by molar-refractivity contribution is 5.77. The molecule has 0 unspecified atom stereocenters. The van der Waals surface area contributed by atoms with E-state index < -0.39 is 5.82 Å². The predicted octanol–water partition coefficient (Wildman–Crippen LogP) is 3.23. The fourth-order valence-electron chi connectivity index (χ4n) is 2.04. The normalized spacial score (nSPS) is 10.2. The van der Waals surface area contributed by atoms with E-state index in [1.807, 2.05) is 31.2 Å². The number of amides is 1. The van der Waals surface area contributed by atoms with E-state index in [9.17, 15) is 9.18 Å². The highest BCUT2D eigenvalue weighted by Crippen LogP contribution is 2.18. The summed E-state index contributed by atoms with van der Waals surface area (Å²) in [5.41, 5.74) is 1.63. The van der Waals surface area contributed by atoms with Crippen LogP contribution in [0, 0.1) is 12.7 Å². The molecular weight excluding hydrogens is 297 g/mol. The van der Waals surface area contributed by atoms with Gasteiger partial charge in [0, 0.05) is 6.54 Å². The average molecular weight is 317 g/mol. The van der Waals surface area contributed by atoms with Crippen LogP contribution in [0.5, 0.6) is 11.5 Å². The zero-order valence-electron chi connectivity index (χ0n) is 13.3. The Hall–Kier alpha value is -2.56. The molecule has 0 aliphatic carbocycles. The summed E-state index contributed by atoms with van der Waals surface area (Å²) in [6.07, 6.45) is 0. The number of benzene rings is 2. The minimum absolute atomic E-state index is 0.0790. The van der Waals surface area contributed by atoms with Crippen molar-refractivity contribution in [3.63, 3.8) is 0 Å². The number of nitrogens with one attached hydrogen (secondary N) is 1. The van der Waals surface area contributed by atoms with Gasteiger partial charge in [0.05, 0.1) is 6.61 Å². The van der Waals surface area contributed by atoms with E-state index >= 15 is 0 Å². The summed E-state index contributed by atoms with van der Waals surface area (Å²) in [7, 11) is 0. The third-order valence-corrected chi connectivity index (χ3v) is 3.24. The van der Waals surface area contributed by atoms with E-state index in [1.165, 1.54) is 6.07 Å². The first-order chi connectivity index (χ1) is 11.1. The summed E-state index contributed by atoms with van der Waals surface area (Å²) in [5.74, 6) is 0.192. The molecule has 0 saturated heterocycles. The maximum atomic E-state index is 13.7. The molecule has 122 valence electrons. The maximum Gasteiger partial charge on any atom is 0.258 e. The summed E-state index contributed by atoms with van der Waals surface area (Å²) in [4.78, 5) is 11.8. The largest absolute Gasteiger partial charge is 0.491 e. The van der Waals surface area contributed by atoms with Crippen molar-refractivity contribution in [1.29, 1.82) is 0 Å². The fourth-order valence-corrected chi connectivity index (χ4v) is 2.04. The standard InChI is InChI=1S/C18H20FNO3/c1-3-22-17-9-8-14(10-15(17)19)11-20-18(21)12-23-16-7-5-4-6-13(16)2/h4-10H,3,11-12H2,1-2H3,(H,20,21). The van der Waals surface area contributed by atoms with Crippen LogP contribution >= 0.6 is 0 Å². The zero-order chi connectivity index (χ0) is 16.7. The van der Waals surface area contributed by atoms with Crippen molar-refractivity contribution in [2.75, 3.05) is 13.2 Å². The van der Waals surface area contributed by atoms with Crippen LogP contribution in [0.15, 0.2) is 42.5 Å². The van der Waals surface area contributed by atoms with Gasteiger partial charge >= 0.3 is 0 Å². The van der Waals surface area contributed by atoms with Gasteiger partial charge in [-0.3, -0.25) is 4.79 Å². The van der Waals surface area contributed by atoms with Crippen LogP contribution in [0.2, 0.25) is 0 Å². The van der Waals surface area contributed by atoms with Crippen molar-refractivity contribution in [1.82, 2.24) is 5.32 Å². The smallest absolute Gasteiger partial charge is 0.258 e. The lowest BCUT2D eigenvalue weighted by Crippen LogP contribution is -2.28. The second-order valence-corrected chi connectivity index (χ2v) is 5.03. The van der Waals surface area contributed by atoms with Gasteiger partial charge in [-0.2, -0.15) is 0 Å². The van der Waals surface area contributed by atoms with Crippen LogP contribution in [0.25, 0.3) is 0 Å². The molecule has 0 fully saturated rings. The topological polar surface area (TPSA) is 47.6 Å². The highest BCUT2D eigenvalue weighted by Gasteiger charge is 2.07. The molecule has 0 heterocycles. The second kappa shape index (κ2) is 8.17. The number of carbonyl (C=O) groups excluding carboxylic acids is 1. The number of aryl methyl sites for hydroxylation is 1. The Kier molecular flexibility index (Phi) is 5.97. The van der Waals surface area contributed by atoms with E-state index in [2.05, 4.69) is 5.32 Å². The molecule has 2 rings (SSSR count). The van der Waals surface area contributed by atoms with Gasteiger partial charge in [0.2, 0.25) is 0 Å². The Labute approximate surface area is 135 Å². The van der Waals surface area contributed by atoms with E-state index in [0.717, 1.165) is 5.56 Å². The summed E-state index contributed by atoms with van der Waals surface area (Å²) in [6, 6.07) is 12.1. The Morgan fingerprint density at radius 1 is 1.13 bits per heavy atom. The van der Waals surface area contributed by atoms with Gasteiger partial charge in [0.1, 0.15) is 5.75 Å². The molecule has 0 radical (unpaired) electrons. The lowest BCUT2D eigenvalue weighted by atomic mass is 10.2.